The number of fused-ring (bicyclic) bond motifs is 9. The molecular weight excluding hydrogens is 699 g/mol. The van der Waals surface area contributed by atoms with Gasteiger partial charge in [0.2, 0.25) is 5.95 Å². The summed E-state index contributed by atoms with van der Waals surface area (Å²) < 4.78 is 10.9. The minimum Gasteiger partial charge on any atom is -0.456 e. The highest BCUT2D eigenvalue weighted by atomic mass is 16.3. The maximum Gasteiger partial charge on any atom is 0.238 e. The van der Waals surface area contributed by atoms with Gasteiger partial charge in [-0.15, -0.1) is 0 Å². The van der Waals surface area contributed by atoms with Crippen LogP contribution in [0.1, 0.15) is 0 Å². The Balaban J connectivity index is 1.22. The van der Waals surface area contributed by atoms with Gasteiger partial charge in [-0.3, -0.25) is 4.57 Å². The molecule has 0 spiro atoms. The van der Waals surface area contributed by atoms with Gasteiger partial charge in [0.25, 0.3) is 0 Å². The van der Waals surface area contributed by atoms with E-state index >= 15 is 0 Å². The Bertz CT molecular complexity index is 3510. The molecule has 0 unspecified atom stereocenters. The van der Waals surface area contributed by atoms with E-state index in [1.807, 2.05) is 54.6 Å². The molecule has 0 saturated heterocycles. The Morgan fingerprint density at radius 1 is 0.351 bits per heavy atom. The average molecular weight is 730 g/mol. The zero-order chi connectivity index (χ0) is 37.5. The zero-order valence-electron chi connectivity index (χ0n) is 30.5. The number of nitrogens with zero attached hydrogens (tertiary/aromatic N) is 5. The molecule has 57 heavy (non-hydrogen) atoms. The normalized spacial score (nSPS) is 11.9. The topological polar surface area (TPSA) is 61.7 Å². The molecule has 0 saturated carbocycles. The van der Waals surface area contributed by atoms with Crippen LogP contribution in [0.15, 0.2) is 192 Å². The van der Waals surface area contributed by atoms with Crippen molar-refractivity contribution in [1.82, 2.24) is 24.1 Å². The van der Waals surface area contributed by atoms with Crippen molar-refractivity contribution >= 4 is 65.6 Å². The molecule has 0 aliphatic heterocycles. The van der Waals surface area contributed by atoms with E-state index in [-0.39, 0.29) is 0 Å². The molecule has 0 aliphatic rings. The summed E-state index contributed by atoms with van der Waals surface area (Å²) in [5.74, 6) is 1.69. The molecule has 0 atom stereocenters. The number of benzene rings is 8. The van der Waals surface area contributed by atoms with Crippen LogP contribution in [0.3, 0.4) is 0 Å². The van der Waals surface area contributed by atoms with E-state index in [0.717, 1.165) is 77.2 Å². The first-order valence-corrected chi connectivity index (χ1v) is 19.1. The van der Waals surface area contributed by atoms with Crippen molar-refractivity contribution < 1.29 is 4.42 Å². The smallest absolute Gasteiger partial charge is 0.238 e. The largest absolute Gasteiger partial charge is 0.456 e. The van der Waals surface area contributed by atoms with Crippen LogP contribution in [-0.4, -0.2) is 24.1 Å². The van der Waals surface area contributed by atoms with Crippen molar-refractivity contribution in [3.8, 4) is 45.5 Å². The molecule has 0 amide bonds. The number of hydrogen-bond donors (Lipinski definition) is 0. The van der Waals surface area contributed by atoms with E-state index in [9.17, 15) is 0 Å². The Morgan fingerprint density at radius 3 is 1.58 bits per heavy atom. The summed E-state index contributed by atoms with van der Waals surface area (Å²) in [7, 11) is 0. The van der Waals surface area contributed by atoms with Gasteiger partial charge in [-0.25, -0.2) is 4.98 Å². The molecule has 0 bridgehead atoms. The SMILES string of the molecule is c1ccc(-c2nc(-c3ccc4c(c3)oc3ccccc34)nc(-n3c4ccccc4c4c(-c5ccccc5)c5c6ccccc6n(-c6ccccc6)c5cc43)n2)cc1. The number of rotatable bonds is 5. The quantitative estimate of drug-likeness (QED) is 0.177. The maximum atomic E-state index is 6.34. The molecule has 0 fully saturated rings. The molecule has 8 aromatic carbocycles. The van der Waals surface area contributed by atoms with Crippen LogP contribution >= 0.6 is 0 Å². The molecule has 6 nitrogen and oxygen atoms in total. The fourth-order valence-corrected chi connectivity index (χ4v) is 8.71. The van der Waals surface area contributed by atoms with Crippen LogP contribution in [0, 0.1) is 0 Å². The molecule has 266 valence electrons. The van der Waals surface area contributed by atoms with E-state index in [1.54, 1.807) is 0 Å². The van der Waals surface area contributed by atoms with Crippen LogP contribution in [-0.2, 0) is 0 Å². The van der Waals surface area contributed by atoms with Gasteiger partial charge in [-0.1, -0.05) is 140 Å². The van der Waals surface area contributed by atoms with E-state index < -0.39 is 0 Å². The first-order valence-electron chi connectivity index (χ1n) is 19.1. The van der Waals surface area contributed by atoms with E-state index in [1.165, 1.54) is 16.3 Å². The average Bonchev–Trinajstić information content (AvgIpc) is 3.93. The van der Waals surface area contributed by atoms with Crippen molar-refractivity contribution in [2.75, 3.05) is 0 Å². The Labute approximate surface area is 326 Å². The standard InChI is InChI=1S/C51H31N5O/c1-4-16-32(17-5-1)46-47-38-23-10-13-25-40(38)55(35-20-8-3-9-21-35)42(47)31-43-48(46)39-24-11-14-26-41(39)56(43)51-53-49(33-18-6-2-7-19-33)52-50(54-51)34-28-29-37-36-22-12-15-27-44(36)57-45(37)30-34/h1-31H. The Hall–Kier alpha value is -7.83. The highest BCUT2D eigenvalue weighted by Crippen LogP contribution is 2.47. The summed E-state index contributed by atoms with van der Waals surface area (Å²) in [4.78, 5) is 15.7. The van der Waals surface area contributed by atoms with Crippen molar-refractivity contribution in [3.05, 3.63) is 188 Å². The second-order valence-electron chi connectivity index (χ2n) is 14.4. The van der Waals surface area contributed by atoms with Gasteiger partial charge in [-0.05, 0) is 54.1 Å². The van der Waals surface area contributed by atoms with E-state index in [2.05, 4.69) is 143 Å². The van der Waals surface area contributed by atoms with Crippen molar-refractivity contribution in [3.63, 3.8) is 0 Å². The van der Waals surface area contributed by atoms with Crippen molar-refractivity contribution in [2.24, 2.45) is 0 Å². The number of furan rings is 1. The first-order chi connectivity index (χ1) is 28.3. The molecule has 6 heteroatoms. The van der Waals surface area contributed by atoms with Crippen LogP contribution in [0.5, 0.6) is 0 Å². The maximum absolute atomic E-state index is 6.34. The van der Waals surface area contributed by atoms with Gasteiger partial charge < -0.3 is 8.98 Å². The molecule has 12 aromatic rings. The summed E-state index contributed by atoms with van der Waals surface area (Å²) in [6, 6.07) is 65.6. The summed E-state index contributed by atoms with van der Waals surface area (Å²) in [6.45, 7) is 0. The van der Waals surface area contributed by atoms with Gasteiger partial charge in [0.1, 0.15) is 11.2 Å². The summed E-state index contributed by atoms with van der Waals surface area (Å²) in [5.41, 5.74) is 11.1. The van der Waals surface area contributed by atoms with Gasteiger partial charge in [0.15, 0.2) is 11.6 Å². The molecule has 0 aliphatic carbocycles. The summed E-state index contributed by atoms with van der Waals surface area (Å²) in [5, 5.41) is 6.81. The predicted octanol–water partition coefficient (Wildman–Crippen LogP) is 13.0. The van der Waals surface area contributed by atoms with Gasteiger partial charge in [0, 0.05) is 54.7 Å². The van der Waals surface area contributed by atoms with Crippen LogP contribution in [0.4, 0.5) is 0 Å². The molecule has 0 radical (unpaired) electrons. The summed E-state index contributed by atoms with van der Waals surface area (Å²) in [6.07, 6.45) is 0. The lowest BCUT2D eigenvalue weighted by Gasteiger charge is -2.13. The lowest BCUT2D eigenvalue weighted by molar-refractivity contribution is 0.669. The third-order valence-electron chi connectivity index (χ3n) is 11.2. The second-order valence-corrected chi connectivity index (χ2v) is 14.4. The van der Waals surface area contributed by atoms with Gasteiger partial charge >= 0.3 is 0 Å². The van der Waals surface area contributed by atoms with Crippen LogP contribution in [0.25, 0.3) is 111 Å². The van der Waals surface area contributed by atoms with E-state index in [0.29, 0.717) is 17.6 Å². The van der Waals surface area contributed by atoms with Crippen LogP contribution in [0.2, 0.25) is 0 Å². The van der Waals surface area contributed by atoms with Gasteiger partial charge in [0.05, 0.1) is 22.1 Å². The summed E-state index contributed by atoms with van der Waals surface area (Å²) >= 11 is 0. The second kappa shape index (κ2) is 12.3. The van der Waals surface area contributed by atoms with Crippen molar-refractivity contribution in [2.45, 2.75) is 0 Å². The third kappa shape index (κ3) is 4.81. The number of para-hydroxylation sites is 4. The highest BCUT2D eigenvalue weighted by molar-refractivity contribution is 6.28. The zero-order valence-corrected chi connectivity index (χ0v) is 30.5. The molecule has 0 N–H and O–H groups in total. The monoisotopic (exact) mass is 729 g/mol. The molecule has 12 rings (SSSR count). The van der Waals surface area contributed by atoms with Crippen LogP contribution < -0.4 is 0 Å². The number of hydrogen-bond acceptors (Lipinski definition) is 4. The Morgan fingerprint density at radius 2 is 0.877 bits per heavy atom. The lowest BCUT2D eigenvalue weighted by Crippen LogP contribution is -2.06. The predicted molar refractivity (Wildman–Crippen MR) is 232 cm³/mol. The minimum atomic E-state index is 0.537. The molecule has 4 heterocycles. The van der Waals surface area contributed by atoms with E-state index in [4.69, 9.17) is 19.4 Å². The molecule has 4 aromatic heterocycles. The lowest BCUT2D eigenvalue weighted by atomic mass is 9.94. The third-order valence-corrected chi connectivity index (χ3v) is 11.2. The number of aromatic nitrogens is 5. The van der Waals surface area contributed by atoms with Gasteiger partial charge in [-0.2, -0.15) is 9.97 Å². The van der Waals surface area contributed by atoms with Crippen molar-refractivity contribution in [1.29, 1.82) is 0 Å². The molecular formula is C51H31N5O. The fraction of sp³-hybridized carbons (Fsp3) is 0. The first kappa shape index (κ1) is 31.5. The minimum absolute atomic E-state index is 0.537. The fourth-order valence-electron chi connectivity index (χ4n) is 8.71. The Kier molecular flexibility index (Phi) is 6.83. The highest BCUT2D eigenvalue weighted by Gasteiger charge is 2.25.